The molecule has 0 unspecified atom stereocenters. The quantitative estimate of drug-likeness (QED) is 0.0618. The van der Waals surface area contributed by atoms with Crippen molar-refractivity contribution in [1.29, 1.82) is 0 Å². The van der Waals surface area contributed by atoms with Gasteiger partial charge in [-0.1, -0.05) is 75.4 Å². The first kappa shape index (κ1) is 52.1. The molecule has 2 aliphatic heterocycles. The second kappa shape index (κ2) is 21.8. The highest BCUT2D eigenvalue weighted by molar-refractivity contribution is 7.13. The smallest absolute Gasteiger partial charge is 0.246 e. The highest BCUT2D eigenvalue weighted by atomic mass is 32.1. The molecule has 2 aliphatic rings. The number of rotatable bonds is 18. The zero-order valence-electron chi connectivity index (χ0n) is 41.7. The van der Waals surface area contributed by atoms with Crippen molar-refractivity contribution in [3.63, 3.8) is 0 Å². The van der Waals surface area contributed by atoms with E-state index in [-0.39, 0.29) is 69.8 Å². The van der Waals surface area contributed by atoms with Crippen molar-refractivity contribution >= 4 is 40.0 Å². The van der Waals surface area contributed by atoms with Crippen LogP contribution in [0.4, 0.5) is 13.2 Å². The third kappa shape index (κ3) is 12.1. The van der Waals surface area contributed by atoms with Gasteiger partial charge in [-0.15, -0.1) is 11.3 Å². The number of carbonyl (C=O) groups excluding carboxylic acids is 3. The van der Waals surface area contributed by atoms with Gasteiger partial charge in [0.15, 0.2) is 0 Å². The third-order valence-electron chi connectivity index (χ3n) is 13.2. The first-order chi connectivity index (χ1) is 34.2. The van der Waals surface area contributed by atoms with Gasteiger partial charge >= 0.3 is 0 Å². The molecule has 0 saturated carbocycles. The minimum Gasteiger partial charge on any atom is -0.490 e. The molecular weight excluding hydrogens is 946 g/mol. The topological polar surface area (TPSA) is 158 Å². The Balaban J connectivity index is 0.800. The van der Waals surface area contributed by atoms with Crippen LogP contribution < -0.4 is 20.1 Å². The number of thiazole rings is 1. The van der Waals surface area contributed by atoms with Gasteiger partial charge < -0.3 is 39.8 Å². The van der Waals surface area contributed by atoms with E-state index >= 15 is 13.2 Å². The number of ether oxygens (including phenoxy) is 3. The van der Waals surface area contributed by atoms with Crippen LogP contribution in [0.1, 0.15) is 87.6 Å². The van der Waals surface area contributed by atoms with E-state index in [1.54, 1.807) is 41.1 Å². The van der Waals surface area contributed by atoms with E-state index in [1.807, 2.05) is 88.0 Å². The first-order valence-electron chi connectivity index (χ1n) is 24.2. The minimum atomic E-state index is -1.62. The molecule has 8 rings (SSSR count). The highest BCUT2D eigenvalue weighted by Crippen LogP contribution is 2.44. The normalized spacial score (nSPS) is 18.7. The van der Waals surface area contributed by atoms with Crippen LogP contribution in [0.25, 0.3) is 21.3 Å². The van der Waals surface area contributed by atoms with Crippen LogP contribution in [0.3, 0.4) is 0 Å². The molecule has 1 fully saturated rings. The van der Waals surface area contributed by atoms with Gasteiger partial charge in [0.05, 0.1) is 34.8 Å². The Kier molecular flexibility index (Phi) is 15.8. The molecule has 5 atom stereocenters. The maximum absolute atomic E-state index is 16.1. The number of aromatic amines is 1. The number of aryl methyl sites for hydroxylation is 1. The summed E-state index contributed by atoms with van der Waals surface area (Å²) in [7, 11) is 0. The molecule has 13 nitrogen and oxygen atoms in total. The molecule has 4 heterocycles. The van der Waals surface area contributed by atoms with E-state index in [0.29, 0.717) is 17.9 Å². The molecule has 1 saturated heterocycles. The number of aliphatic hydroxyl groups is 1. The zero-order chi connectivity index (χ0) is 51.5. The van der Waals surface area contributed by atoms with Crippen LogP contribution in [-0.4, -0.2) is 105 Å². The summed E-state index contributed by atoms with van der Waals surface area (Å²) in [5, 5.41) is 17.3. The number of halogens is 3. The second-order valence-electron chi connectivity index (χ2n) is 20.5. The zero-order valence-corrected chi connectivity index (χ0v) is 42.5. The SMILES string of the molecule is Cc1ncsc1-c1ccc(CNC(=O)[C@@H]2C[C@@H](O)CN2C(=O)[C@@H](NC(=O)COCc2ccc(OCCOc3cc(F)c([C@@H]4c5[nH]c6ccccc6c5C[C@@H](C)N4CC(C)(C)F)c(F)c3)cc2)C(C)(C)C)cc1. The van der Waals surface area contributed by atoms with Crippen LogP contribution in [0.15, 0.2) is 90.4 Å². The summed E-state index contributed by atoms with van der Waals surface area (Å²) in [6.45, 7) is 12.2. The van der Waals surface area contributed by atoms with E-state index in [0.717, 1.165) is 55.9 Å². The second-order valence-corrected chi connectivity index (χ2v) is 21.3. The molecule has 0 radical (unpaired) electrons. The third-order valence-corrected chi connectivity index (χ3v) is 14.1. The molecule has 0 aliphatic carbocycles. The van der Waals surface area contributed by atoms with Crippen molar-refractivity contribution in [3.05, 3.63) is 136 Å². The van der Waals surface area contributed by atoms with Crippen LogP contribution >= 0.6 is 11.3 Å². The number of likely N-dealkylation sites (tertiary alicyclic amines) is 1. The van der Waals surface area contributed by atoms with Crippen molar-refractivity contribution in [3.8, 4) is 21.9 Å². The molecule has 3 amide bonds. The lowest BCUT2D eigenvalue weighted by Crippen LogP contribution is -2.58. The number of para-hydroxylation sites is 1. The number of fused-ring (bicyclic) bond motifs is 3. The van der Waals surface area contributed by atoms with Gasteiger partial charge in [0, 0.05) is 66.4 Å². The summed E-state index contributed by atoms with van der Waals surface area (Å²) < 4.78 is 64.7. The fourth-order valence-electron chi connectivity index (χ4n) is 9.65. The lowest BCUT2D eigenvalue weighted by atomic mass is 9.85. The van der Waals surface area contributed by atoms with Crippen LogP contribution in [0.5, 0.6) is 11.5 Å². The molecule has 6 aromatic rings. The summed E-state index contributed by atoms with van der Waals surface area (Å²) in [5.74, 6) is -2.50. The van der Waals surface area contributed by atoms with Crippen molar-refractivity contribution in [1.82, 2.24) is 30.4 Å². The molecule has 17 heteroatoms. The van der Waals surface area contributed by atoms with Gasteiger partial charge in [0.25, 0.3) is 0 Å². The Hall–Kier alpha value is -6.27. The van der Waals surface area contributed by atoms with E-state index in [2.05, 4.69) is 20.6 Å². The summed E-state index contributed by atoms with van der Waals surface area (Å²) in [6.07, 6.45) is -0.234. The number of nitrogens with zero attached hydrogens (tertiary/aromatic N) is 3. The summed E-state index contributed by atoms with van der Waals surface area (Å²) in [4.78, 5) is 52.7. The van der Waals surface area contributed by atoms with Crippen molar-refractivity contribution in [2.24, 2.45) is 5.41 Å². The number of alkyl halides is 1. The average molecular weight is 1010 g/mol. The number of H-pyrrole nitrogens is 1. The number of β-amino-alcohol motifs (C(OH)–C–C–N with tert-alkyl or cyclic N) is 1. The number of aliphatic hydroxyl groups excluding tert-OH is 1. The summed E-state index contributed by atoms with van der Waals surface area (Å²) in [6, 6.07) is 21.8. The predicted octanol–water partition coefficient (Wildman–Crippen LogP) is 8.75. The minimum absolute atomic E-state index is 0.0104. The number of aromatic nitrogens is 2. The Morgan fingerprint density at radius 1 is 0.931 bits per heavy atom. The molecule has 0 bridgehead atoms. The number of hydrogen-bond acceptors (Lipinski definition) is 10. The number of nitrogens with one attached hydrogen (secondary N) is 3. The summed E-state index contributed by atoms with van der Waals surface area (Å²) >= 11 is 1.56. The molecule has 4 aromatic carbocycles. The lowest BCUT2D eigenvalue weighted by Gasteiger charge is -2.43. The first-order valence-corrected chi connectivity index (χ1v) is 25.1. The molecule has 0 spiro atoms. The van der Waals surface area contributed by atoms with Gasteiger partial charge in [0.2, 0.25) is 17.7 Å². The predicted molar refractivity (Wildman–Crippen MR) is 270 cm³/mol. The van der Waals surface area contributed by atoms with E-state index in [9.17, 15) is 19.5 Å². The Labute approximate surface area is 422 Å². The van der Waals surface area contributed by atoms with Crippen molar-refractivity contribution in [2.45, 2.75) is 110 Å². The number of hydrogen-bond donors (Lipinski definition) is 4. The standard InChI is InChI=1S/C55H63F3N6O7S/c1-32-22-41-40-10-8-9-11-44(40)61-48(41)49(64(32)30-55(6,7)58)47-42(56)24-39(25-43(47)57)71-21-20-70-38-18-14-35(15-19-38)28-69-29-46(66)62-51(54(3,4)5)53(68)63-27-37(65)23-45(63)52(67)59-26-34-12-16-36(17-13-34)50-33(2)60-31-72-50/h8-19,24-25,31-32,37,45,49,51,61,65H,20-23,26-30H2,1-7H3,(H,59,67)(H,62,66)/t32-,37-,45+,49-,51-/m1/s1. The number of benzene rings is 4. The highest BCUT2D eigenvalue weighted by Gasteiger charge is 2.45. The monoisotopic (exact) mass is 1010 g/mol. The van der Waals surface area contributed by atoms with Gasteiger partial charge in [-0.05, 0) is 80.0 Å². The fraction of sp³-hybridized carbons (Fsp3) is 0.418. The molecule has 382 valence electrons. The van der Waals surface area contributed by atoms with Gasteiger partial charge in [-0.3, -0.25) is 19.3 Å². The summed E-state index contributed by atoms with van der Waals surface area (Å²) in [5.41, 5.74) is 5.33. The van der Waals surface area contributed by atoms with Crippen LogP contribution in [-0.2, 0) is 38.7 Å². The van der Waals surface area contributed by atoms with E-state index < -0.39 is 64.7 Å². The van der Waals surface area contributed by atoms with Crippen molar-refractivity contribution in [2.75, 3.05) is 32.9 Å². The average Bonchev–Trinajstić information content (AvgIpc) is 4.05. The molecule has 72 heavy (non-hydrogen) atoms. The maximum Gasteiger partial charge on any atom is 0.246 e. The van der Waals surface area contributed by atoms with E-state index in [4.69, 9.17) is 14.2 Å². The lowest BCUT2D eigenvalue weighted by molar-refractivity contribution is -0.144. The van der Waals surface area contributed by atoms with Gasteiger partial charge in [-0.25, -0.2) is 18.2 Å². The largest absolute Gasteiger partial charge is 0.490 e. The molecule has 2 aromatic heterocycles. The molecular formula is C55H63F3N6O7S. The molecule has 4 N–H and O–H groups in total. The Morgan fingerprint density at radius 3 is 2.25 bits per heavy atom. The number of carbonyl (C=O) groups is 3. The Morgan fingerprint density at radius 2 is 1.60 bits per heavy atom. The van der Waals surface area contributed by atoms with Crippen LogP contribution in [0.2, 0.25) is 0 Å². The van der Waals surface area contributed by atoms with Crippen LogP contribution in [0, 0.1) is 24.0 Å². The maximum atomic E-state index is 16.1. The van der Waals surface area contributed by atoms with Gasteiger partial charge in [-0.2, -0.15) is 0 Å². The van der Waals surface area contributed by atoms with E-state index in [1.165, 1.54) is 18.7 Å². The van der Waals surface area contributed by atoms with Gasteiger partial charge in [0.1, 0.15) is 60.7 Å². The van der Waals surface area contributed by atoms with Crippen molar-refractivity contribution < 1.29 is 46.9 Å². The Bertz CT molecular complexity index is 2850. The number of amides is 3. The fourth-order valence-corrected chi connectivity index (χ4v) is 10.5.